The summed E-state index contributed by atoms with van der Waals surface area (Å²) in [5.41, 5.74) is 0.738. The number of piperidine rings is 1. The first-order valence-electron chi connectivity index (χ1n) is 9.89. The molecule has 4 nitrogen and oxygen atoms in total. The standard InChI is InChI=1S/C20H30FN3O/c21-18-5-10-23(11-6-18)15-20(7-3-16(14-25)4-8-20)24-12-9-22-13-19(24)17-1-2-17/h3-4,7,14,17-19,22H,1-2,5-6,8-13,15H2. The molecule has 0 amide bonds. The van der Waals surface area contributed by atoms with Crippen LogP contribution in [0, 0.1) is 5.92 Å². The summed E-state index contributed by atoms with van der Waals surface area (Å²) in [7, 11) is 0. The van der Waals surface area contributed by atoms with E-state index in [9.17, 15) is 9.18 Å². The second-order valence-electron chi connectivity index (χ2n) is 8.22. The minimum absolute atomic E-state index is 0.0506. The summed E-state index contributed by atoms with van der Waals surface area (Å²) < 4.78 is 13.6. The van der Waals surface area contributed by atoms with E-state index in [2.05, 4.69) is 27.3 Å². The number of piperazine rings is 1. The molecule has 2 aliphatic carbocycles. The third kappa shape index (κ3) is 3.74. The smallest absolute Gasteiger partial charge is 0.149 e. The Morgan fingerprint density at radius 3 is 2.68 bits per heavy atom. The lowest BCUT2D eigenvalue weighted by Gasteiger charge is -2.51. The molecule has 0 aromatic carbocycles. The number of rotatable bonds is 5. The molecule has 0 radical (unpaired) electrons. The maximum atomic E-state index is 13.6. The number of halogens is 1. The molecule has 0 bridgehead atoms. The van der Waals surface area contributed by atoms with Crippen LogP contribution in [-0.4, -0.2) is 73.1 Å². The van der Waals surface area contributed by atoms with E-state index in [-0.39, 0.29) is 5.54 Å². The van der Waals surface area contributed by atoms with Crippen molar-refractivity contribution in [3.8, 4) is 0 Å². The molecule has 25 heavy (non-hydrogen) atoms. The SMILES string of the molecule is O=CC1=CCC(CN2CCC(F)CC2)(N2CCNCC2C2CC2)C=C1. The number of carbonyl (C=O) groups is 1. The summed E-state index contributed by atoms with van der Waals surface area (Å²) in [6, 6.07) is 0.586. The van der Waals surface area contributed by atoms with E-state index in [1.54, 1.807) is 0 Å². The van der Waals surface area contributed by atoms with Gasteiger partial charge >= 0.3 is 0 Å². The minimum Gasteiger partial charge on any atom is -0.314 e. The van der Waals surface area contributed by atoms with Crippen LogP contribution in [0.15, 0.2) is 23.8 Å². The number of nitrogens with one attached hydrogen (secondary N) is 1. The average molecular weight is 347 g/mol. The van der Waals surface area contributed by atoms with Gasteiger partial charge in [0, 0.05) is 50.9 Å². The summed E-state index contributed by atoms with van der Waals surface area (Å²) >= 11 is 0. The van der Waals surface area contributed by atoms with Crippen LogP contribution in [0.4, 0.5) is 4.39 Å². The van der Waals surface area contributed by atoms with Crippen molar-refractivity contribution in [1.29, 1.82) is 0 Å². The molecule has 138 valence electrons. The van der Waals surface area contributed by atoms with Gasteiger partial charge in [-0.15, -0.1) is 0 Å². The first kappa shape index (κ1) is 17.4. The van der Waals surface area contributed by atoms with Gasteiger partial charge < -0.3 is 10.2 Å². The van der Waals surface area contributed by atoms with Crippen molar-refractivity contribution in [3.63, 3.8) is 0 Å². The highest BCUT2D eigenvalue weighted by Gasteiger charge is 2.46. The van der Waals surface area contributed by atoms with E-state index in [0.717, 1.165) is 63.5 Å². The Labute approximate surface area is 150 Å². The molecule has 3 fully saturated rings. The zero-order valence-corrected chi connectivity index (χ0v) is 15.0. The summed E-state index contributed by atoms with van der Waals surface area (Å²) in [6.07, 6.45) is 11.6. The highest BCUT2D eigenvalue weighted by Crippen LogP contribution is 2.41. The Morgan fingerprint density at radius 2 is 2.04 bits per heavy atom. The Bertz CT molecular complexity index is 551. The molecule has 0 aromatic heterocycles. The number of hydrogen-bond donors (Lipinski definition) is 1. The number of carbonyl (C=O) groups excluding carboxylic acids is 1. The maximum Gasteiger partial charge on any atom is 0.149 e. The fourth-order valence-electron chi connectivity index (χ4n) is 4.82. The first-order chi connectivity index (χ1) is 12.2. The van der Waals surface area contributed by atoms with E-state index >= 15 is 0 Å². The van der Waals surface area contributed by atoms with E-state index in [0.29, 0.717) is 18.9 Å². The highest BCUT2D eigenvalue weighted by molar-refractivity contribution is 5.78. The molecule has 0 spiro atoms. The molecular formula is C20H30FN3O. The summed E-state index contributed by atoms with van der Waals surface area (Å²) in [6.45, 7) is 5.78. The zero-order valence-electron chi connectivity index (χ0n) is 15.0. The van der Waals surface area contributed by atoms with Crippen molar-refractivity contribution in [1.82, 2.24) is 15.1 Å². The quantitative estimate of drug-likeness (QED) is 0.771. The van der Waals surface area contributed by atoms with Gasteiger partial charge in [0.25, 0.3) is 0 Å². The summed E-state index contributed by atoms with van der Waals surface area (Å²) in [4.78, 5) is 16.3. The van der Waals surface area contributed by atoms with Crippen molar-refractivity contribution in [2.24, 2.45) is 5.92 Å². The largest absolute Gasteiger partial charge is 0.314 e. The van der Waals surface area contributed by atoms with Gasteiger partial charge in [-0.3, -0.25) is 9.69 Å². The van der Waals surface area contributed by atoms with Crippen molar-refractivity contribution in [2.45, 2.75) is 49.9 Å². The van der Waals surface area contributed by atoms with Gasteiger partial charge in [-0.25, -0.2) is 4.39 Å². The van der Waals surface area contributed by atoms with Crippen LogP contribution in [0.5, 0.6) is 0 Å². The normalized spacial score (nSPS) is 35.6. The zero-order chi connectivity index (χ0) is 17.3. The summed E-state index contributed by atoms with van der Waals surface area (Å²) in [5, 5.41) is 3.57. The molecule has 2 unspecified atom stereocenters. The lowest BCUT2D eigenvalue weighted by Crippen LogP contribution is -2.65. The molecule has 5 heteroatoms. The second-order valence-corrected chi connectivity index (χ2v) is 8.22. The van der Waals surface area contributed by atoms with Crippen molar-refractivity contribution < 1.29 is 9.18 Å². The van der Waals surface area contributed by atoms with E-state index in [1.807, 2.05) is 6.08 Å². The maximum absolute atomic E-state index is 13.6. The van der Waals surface area contributed by atoms with E-state index in [4.69, 9.17) is 0 Å². The Kier molecular flexibility index (Phi) is 5.07. The third-order valence-electron chi connectivity index (χ3n) is 6.45. The van der Waals surface area contributed by atoms with E-state index in [1.165, 1.54) is 12.8 Å². The number of likely N-dealkylation sites (tertiary alicyclic amines) is 1. The minimum atomic E-state index is -0.631. The van der Waals surface area contributed by atoms with Gasteiger partial charge in [0.1, 0.15) is 12.5 Å². The van der Waals surface area contributed by atoms with E-state index < -0.39 is 6.17 Å². The van der Waals surface area contributed by atoms with Gasteiger partial charge in [0.2, 0.25) is 0 Å². The number of alkyl halides is 1. The van der Waals surface area contributed by atoms with Gasteiger partial charge in [0.15, 0.2) is 0 Å². The Balaban J connectivity index is 1.56. The number of hydrogen-bond acceptors (Lipinski definition) is 4. The van der Waals surface area contributed by atoms with Crippen LogP contribution in [0.25, 0.3) is 0 Å². The van der Waals surface area contributed by atoms with Gasteiger partial charge in [0.05, 0.1) is 5.54 Å². The number of allylic oxidation sites excluding steroid dienone is 2. The molecule has 1 saturated carbocycles. The van der Waals surface area contributed by atoms with Crippen molar-refractivity contribution in [3.05, 3.63) is 23.8 Å². The second kappa shape index (κ2) is 7.29. The molecule has 2 aliphatic heterocycles. The van der Waals surface area contributed by atoms with Crippen LogP contribution in [0.3, 0.4) is 0 Å². The predicted octanol–water partition coefficient (Wildman–Crippen LogP) is 1.93. The van der Waals surface area contributed by atoms with Gasteiger partial charge in [-0.05, 0) is 38.0 Å². The Morgan fingerprint density at radius 1 is 1.24 bits per heavy atom. The van der Waals surface area contributed by atoms with Crippen LogP contribution in [0.2, 0.25) is 0 Å². The molecule has 1 N–H and O–H groups in total. The topological polar surface area (TPSA) is 35.6 Å². The monoisotopic (exact) mass is 347 g/mol. The molecule has 4 aliphatic rings. The molecular weight excluding hydrogens is 317 g/mol. The van der Waals surface area contributed by atoms with Crippen molar-refractivity contribution >= 4 is 6.29 Å². The lowest BCUT2D eigenvalue weighted by molar-refractivity contribution is -0.104. The third-order valence-corrected chi connectivity index (χ3v) is 6.45. The predicted molar refractivity (Wildman–Crippen MR) is 97.3 cm³/mol. The van der Waals surface area contributed by atoms with Crippen LogP contribution >= 0.6 is 0 Å². The van der Waals surface area contributed by atoms with Crippen molar-refractivity contribution in [2.75, 3.05) is 39.3 Å². The number of aldehydes is 1. The number of nitrogens with zero attached hydrogens (tertiary/aromatic N) is 2. The van der Waals surface area contributed by atoms with Crippen LogP contribution < -0.4 is 5.32 Å². The van der Waals surface area contributed by atoms with Gasteiger partial charge in [-0.2, -0.15) is 0 Å². The first-order valence-corrected chi connectivity index (χ1v) is 9.89. The average Bonchev–Trinajstić information content (AvgIpc) is 3.49. The molecule has 2 heterocycles. The van der Waals surface area contributed by atoms with Crippen LogP contribution in [0.1, 0.15) is 32.1 Å². The molecule has 2 saturated heterocycles. The fraction of sp³-hybridized carbons (Fsp3) is 0.750. The van der Waals surface area contributed by atoms with Crippen LogP contribution in [-0.2, 0) is 4.79 Å². The van der Waals surface area contributed by atoms with Gasteiger partial charge in [-0.1, -0.05) is 18.2 Å². The molecule has 2 atom stereocenters. The molecule has 0 aromatic rings. The summed E-state index contributed by atoms with van der Waals surface area (Å²) in [5.74, 6) is 0.811. The Hall–Kier alpha value is -1.04. The lowest BCUT2D eigenvalue weighted by atomic mass is 9.83. The highest BCUT2D eigenvalue weighted by atomic mass is 19.1. The fourth-order valence-corrected chi connectivity index (χ4v) is 4.82. The molecule has 4 rings (SSSR count).